The molecule has 0 radical (unpaired) electrons. The molecule has 0 saturated heterocycles. The van der Waals surface area contributed by atoms with Gasteiger partial charge in [-0.3, -0.25) is 0 Å². The van der Waals surface area contributed by atoms with Gasteiger partial charge in [0, 0.05) is 9.50 Å². The highest BCUT2D eigenvalue weighted by Gasteiger charge is 2.12. The van der Waals surface area contributed by atoms with Crippen molar-refractivity contribution in [3.8, 4) is 11.5 Å². The number of halogens is 2. The minimum atomic E-state index is -3.78. The Labute approximate surface area is 188 Å². The number of sulfonamides is 1. The molecule has 0 bridgehead atoms. The highest BCUT2D eigenvalue weighted by Crippen LogP contribution is 2.28. The lowest BCUT2D eigenvalue weighted by atomic mass is 10.2. The highest BCUT2D eigenvalue weighted by molar-refractivity contribution is 9.10. The summed E-state index contributed by atoms with van der Waals surface area (Å²) in [5.74, 6) is 1.08. The number of hydrazone groups is 1. The van der Waals surface area contributed by atoms with E-state index < -0.39 is 10.0 Å². The van der Waals surface area contributed by atoms with Gasteiger partial charge >= 0.3 is 0 Å². The number of hydrogen-bond acceptors (Lipinski definition) is 5. The van der Waals surface area contributed by atoms with Crippen LogP contribution in [0.1, 0.15) is 11.1 Å². The van der Waals surface area contributed by atoms with Gasteiger partial charge in [-0.1, -0.05) is 39.7 Å². The third-order valence-corrected chi connectivity index (χ3v) is 6.02. The maximum atomic E-state index is 12.2. The lowest BCUT2D eigenvalue weighted by molar-refractivity contribution is 0.284. The van der Waals surface area contributed by atoms with Crippen LogP contribution in [0.25, 0.3) is 0 Å². The van der Waals surface area contributed by atoms with Crippen molar-refractivity contribution in [3.63, 3.8) is 0 Å². The summed E-state index contributed by atoms with van der Waals surface area (Å²) < 4.78 is 36.7. The van der Waals surface area contributed by atoms with Gasteiger partial charge in [-0.25, -0.2) is 4.83 Å². The van der Waals surface area contributed by atoms with E-state index in [0.29, 0.717) is 28.7 Å². The van der Waals surface area contributed by atoms with E-state index in [-0.39, 0.29) is 4.90 Å². The zero-order valence-electron chi connectivity index (χ0n) is 15.9. The van der Waals surface area contributed by atoms with E-state index in [9.17, 15) is 8.42 Å². The molecule has 1 N–H and O–H groups in total. The molecule has 0 unspecified atom stereocenters. The molecule has 3 aromatic rings. The van der Waals surface area contributed by atoms with Crippen molar-refractivity contribution >= 4 is 43.8 Å². The number of benzene rings is 3. The fourth-order valence-electron chi connectivity index (χ4n) is 2.46. The predicted octanol–water partition coefficient (Wildman–Crippen LogP) is 5.00. The van der Waals surface area contributed by atoms with Crippen molar-refractivity contribution in [3.05, 3.63) is 87.4 Å². The standard InChI is InChI=1S/C21H18BrClN2O4S/c1-28-21-12-16(4-11-20(21)29-14-15-2-5-17(22)6-3-15)13-24-25-30(26,27)19-9-7-18(23)8-10-19/h2-13,25H,14H2,1H3/b24-13-. The molecular weight excluding hydrogens is 492 g/mol. The van der Waals surface area contributed by atoms with Crippen LogP contribution in [0.5, 0.6) is 11.5 Å². The highest BCUT2D eigenvalue weighted by atomic mass is 79.9. The quantitative estimate of drug-likeness (QED) is 0.342. The van der Waals surface area contributed by atoms with Crippen LogP contribution in [0.3, 0.4) is 0 Å². The summed E-state index contributed by atoms with van der Waals surface area (Å²) >= 11 is 9.18. The van der Waals surface area contributed by atoms with Crippen molar-refractivity contribution in [2.45, 2.75) is 11.5 Å². The molecule has 0 aliphatic rings. The number of methoxy groups -OCH3 is 1. The Hall–Kier alpha value is -2.55. The fourth-order valence-corrected chi connectivity index (χ4v) is 3.64. The van der Waals surface area contributed by atoms with E-state index in [2.05, 4.69) is 25.9 Å². The second-order valence-corrected chi connectivity index (χ2v) is 9.15. The van der Waals surface area contributed by atoms with Crippen molar-refractivity contribution in [1.82, 2.24) is 4.83 Å². The second kappa shape index (κ2) is 9.97. The molecule has 0 fully saturated rings. The van der Waals surface area contributed by atoms with E-state index >= 15 is 0 Å². The largest absolute Gasteiger partial charge is 0.493 e. The van der Waals surface area contributed by atoms with E-state index in [1.165, 1.54) is 37.6 Å². The Morgan fingerprint density at radius 2 is 1.73 bits per heavy atom. The number of ether oxygens (including phenoxy) is 2. The summed E-state index contributed by atoms with van der Waals surface area (Å²) in [6.45, 7) is 0.387. The summed E-state index contributed by atoms with van der Waals surface area (Å²) in [4.78, 5) is 2.24. The first-order chi connectivity index (χ1) is 14.4. The lowest BCUT2D eigenvalue weighted by Gasteiger charge is -2.11. The smallest absolute Gasteiger partial charge is 0.276 e. The first-order valence-corrected chi connectivity index (χ1v) is 11.4. The van der Waals surface area contributed by atoms with Gasteiger partial charge in [-0.05, 0) is 65.7 Å². The fraction of sp³-hybridized carbons (Fsp3) is 0.0952. The molecular formula is C21H18BrClN2O4S. The van der Waals surface area contributed by atoms with Gasteiger partial charge in [0.2, 0.25) is 0 Å². The van der Waals surface area contributed by atoms with Crippen molar-refractivity contribution in [2.75, 3.05) is 7.11 Å². The topological polar surface area (TPSA) is 77.0 Å². The number of nitrogens with one attached hydrogen (secondary N) is 1. The van der Waals surface area contributed by atoms with Crippen LogP contribution in [0.2, 0.25) is 5.02 Å². The van der Waals surface area contributed by atoms with Gasteiger partial charge in [0.25, 0.3) is 10.0 Å². The minimum Gasteiger partial charge on any atom is -0.493 e. The van der Waals surface area contributed by atoms with Crippen molar-refractivity contribution < 1.29 is 17.9 Å². The van der Waals surface area contributed by atoms with E-state index in [4.69, 9.17) is 21.1 Å². The molecule has 0 aliphatic carbocycles. The van der Waals surface area contributed by atoms with Crippen molar-refractivity contribution in [1.29, 1.82) is 0 Å². The molecule has 0 heterocycles. The Morgan fingerprint density at radius 3 is 2.40 bits per heavy atom. The number of rotatable bonds is 8. The maximum Gasteiger partial charge on any atom is 0.276 e. The maximum absolute atomic E-state index is 12.2. The van der Waals surface area contributed by atoms with E-state index in [0.717, 1.165) is 10.0 Å². The Balaban J connectivity index is 1.66. The Kier molecular flexibility index (Phi) is 7.36. The molecule has 3 aromatic carbocycles. The molecule has 0 saturated carbocycles. The molecule has 6 nitrogen and oxygen atoms in total. The van der Waals surface area contributed by atoms with Crippen LogP contribution in [0, 0.1) is 0 Å². The van der Waals surface area contributed by atoms with Gasteiger partial charge in [-0.2, -0.15) is 13.5 Å². The summed E-state index contributed by atoms with van der Waals surface area (Å²) in [5.41, 5.74) is 1.66. The van der Waals surface area contributed by atoms with E-state index in [1.54, 1.807) is 18.2 Å². The van der Waals surface area contributed by atoms with Gasteiger partial charge < -0.3 is 9.47 Å². The SMILES string of the molecule is COc1cc(/C=N\NS(=O)(=O)c2ccc(Cl)cc2)ccc1OCc1ccc(Br)cc1. The van der Waals surface area contributed by atoms with Gasteiger partial charge in [-0.15, -0.1) is 0 Å². The Morgan fingerprint density at radius 1 is 1.03 bits per heavy atom. The van der Waals surface area contributed by atoms with Crippen LogP contribution in [0.4, 0.5) is 0 Å². The lowest BCUT2D eigenvalue weighted by Crippen LogP contribution is -2.18. The average molecular weight is 510 g/mol. The predicted molar refractivity (Wildman–Crippen MR) is 121 cm³/mol. The molecule has 30 heavy (non-hydrogen) atoms. The third kappa shape index (κ3) is 5.98. The zero-order chi connectivity index (χ0) is 21.6. The minimum absolute atomic E-state index is 0.0679. The van der Waals surface area contributed by atoms with Crippen LogP contribution >= 0.6 is 27.5 Å². The zero-order valence-corrected chi connectivity index (χ0v) is 19.0. The molecule has 156 valence electrons. The van der Waals surface area contributed by atoms with Crippen LogP contribution < -0.4 is 14.3 Å². The summed E-state index contributed by atoms with van der Waals surface area (Å²) in [7, 11) is -2.25. The monoisotopic (exact) mass is 508 g/mol. The summed E-state index contributed by atoms with van der Waals surface area (Å²) in [6.07, 6.45) is 1.38. The molecule has 0 spiro atoms. The average Bonchev–Trinajstić information content (AvgIpc) is 2.74. The van der Waals surface area contributed by atoms with Crippen LogP contribution in [0.15, 0.2) is 81.2 Å². The summed E-state index contributed by atoms with van der Waals surface area (Å²) in [6, 6.07) is 18.8. The van der Waals surface area contributed by atoms with Gasteiger partial charge in [0.1, 0.15) is 6.61 Å². The normalized spacial score (nSPS) is 11.4. The molecule has 0 amide bonds. The van der Waals surface area contributed by atoms with Crippen molar-refractivity contribution in [2.24, 2.45) is 5.10 Å². The van der Waals surface area contributed by atoms with E-state index in [1.807, 2.05) is 24.3 Å². The molecule has 0 aromatic heterocycles. The first kappa shape index (κ1) is 22.1. The molecule has 9 heteroatoms. The summed E-state index contributed by atoms with van der Waals surface area (Å²) in [5, 5.41) is 4.27. The molecule has 0 atom stereocenters. The Bertz CT molecular complexity index is 1130. The molecule has 3 rings (SSSR count). The van der Waals surface area contributed by atoms with Crippen LogP contribution in [-0.2, 0) is 16.6 Å². The number of hydrogen-bond donors (Lipinski definition) is 1. The first-order valence-electron chi connectivity index (χ1n) is 8.73. The number of nitrogens with zero attached hydrogens (tertiary/aromatic N) is 1. The third-order valence-electron chi connectivity index (χ3n) is 4.01. The van der Waals surface area contributed by atoms with Crippen LogP contribution in [-0.4, -0.2) is 21.7 Å². The van der Waals surface area contributed by atoms with Gasteiger partial charge in [0.05, 0.1) is 18.2 Å². The molecule has 0 aliphatic heterocycles. The second-order valence-electron chi connectivity index (χ2n) is 6.13. The van der Waals surface area contributed by atoms with Gasteiger partial charge in [0.15, 0.2) is 11.5 Å².